The molecule has 0 bridgehead atoms. The zero-order valence-electron chi connectivity index (χ0n) is 17.8. The molecule has 2 aromatic carbocycles. The first kappa shape index (κ1) is 20.9. The molecule has 1 fully saturated rings. The van der Waals surface area contributed by atoms with Crippen LogP contribution in [0, 0.1) is 0 Å². The fraction of sp³-hybridized carbons (Fsp3) is 0.417. The van der Waals surface area contributed by atoms with Crippen LogP contribution in [0.5, 0.6) is 5.75 Å². The van der Waals surface area contributed by atoms with Gasteiger partial charge in [-0.1, -0.05) is 24.3 Å². The van der Waals surface area contributed by atoms with Crippen LogP contribution in [0.2, 0.25) is 0 Å². The number of β-amino-alcohol motifs (C(OH)–C–C–N with tert-alkyl or cyclic N) is 1. The number of aliphatic hydroxyl groups is 1. The van der Waals surface area contributed by atoms with E-state index in [4.69, 9.17) is 9.47 Å². The second-order valence-corrected chi connectivity index (χ2v) is 8.68. The van der Waals surface area contributed by atoms with Crippen molar-refractivity contribution in [3.05, 3.63) is 59.2 Å². The highest BCUT2D eigenvalue weighted by molar-refractivity contribution is 6.03. The topological polar surface area (TPSA) is 100 Å². The number of hydrogen-bond donors (Lipinski definition) is 3. The quantitative estimate of drug-likeness (QED) is 0.653. The van der Waals surface area contributed by atoms with Gasteiger partial charge in [-0.15, -0.1) is 0 Å². The molecule has 5 rings (SSSR count). The molecule has 8 nitrogen and oxygen atoms in total. The molecule has 0 aliphatic carbocycles. The summed E-state index contributed by atoms with van der Waals surface area (Å²) in [6.45, 7) is 3.04. The maximum atomic E-state index is 12.6. The predicted octanol–water partition coefficient (Wildman–Crippen LogP) is 1.33. The Bertz CT molecular complexity index is 1030. The molecule has 0 aromatic heterocycles. The van der Waals surface area contributed by atoms with Gasteiger partial charge in [0, 0.05) is 38.2 Å². The van der Waals surface area contributed by atoms with Gasteiger partial charge >= 0.3 is 0 Å². The number of rotatable bonds is 5. The Labute approximate surface area is 186 Å². The molecule has 3 N–H and O–H groups in total. The molecule has 2 atom stereocenters. The number of aliphatic hydroxyl groups excluding tert-OH is 1. The fourth-order valence-corrected chi connectivity index (χ4v) is 4.54. The summed E-state index contributed by atoms with van der Waals surface area (Å²) >= 11 is 0. The van der Waals surface area contributed by atoms with Crippen LogP contribution >= 0.6 is 0 Å². The lowest BCUT2D eigenvalue weighted by Gasteiger charge is -2.33. The van der Waals surface area contributed by atoms with Gasteiger partial charge < -0.3 is 25.2 Å². The van der Waals surface area contributed by atoms with Crippen molar-refractivity contribution in [3.8, 4) is 5.75 Å². The Kier molecular flexibility index (Phi) is 5.58. The number of carbonyl (C=O) groups is 2. The van der Waals surface area contributed by atoms with Gasteiger partial charge in [-0.05, 0) is 35.7 Å². The maximum Gasteiger partial charge on any atom is 0.271 e. The number of fused-ring (bicyclic) bond motifs is 2. The molecular formula is C24H27N3O5. The Morgan fingerprint density at radius 2 is 2.09 bits per heavy atom. The second-order valence-electron chi connectivity index (χ2n) is 8.68. The molecular weight excluding hydrogens is 410 g/mol. The molecule has 0 radical (unpaired) electrons. The number of nitrogens with zero attached hydrogens (tertiary/aromatic N) is 1. The van der Waals surface area contributed by atoms with Crippen molar-refractivity contribution in [2.75, 3.05) is 38.2 Å². The van der Waals surface area contributed by atoms with E-state index in [0.717, 1.165) is 19.5 Å². The number of hydrogen-bond acceptors (Lipinski definition) is 6. The summed E-state index contributed by atoms with van der Waals surface area (Å²) in [6, 6.07) is 13.3. The fourth-order valence-electron chi connectivity index (χ4n) is 4.54. The van der Waals surface area contributed by atoms with Crippen molar-refractivity contribution in [1.82, 2.24) is 10.2 Å². The first-order valence-electron chi connectivity index (χ1n) is 11.0. The Morgan fingerprint density at radius 3 is 2.91 bits per heavy atom. The smallest absolute Gasteiger partial charge is 0.271 e. The van der Waals surface area contributed by atoms with Crippen molar-refractivity contribution < 1.29 is 24.2 Å². The number of benzene rings is 2. The van der Waals surface area contributed by atoms with Crippen LogP contribution in [0.4, 0.5) is 5.69 Å². The highest BCUT2D eigenvalue weighted by atomic mass is 16.6. The van der Waals surface area contributed by atoms with Crippen LogP contribution < -0.4 is 15.4 Å². The highest BCUT2D eigenvalue weighted by Gasteiger charge is 2.48. The maximum absolute atomic E-state index is 12.6. The van der Waals surface area contributed by atoms with E-state index in [-0.39, 0.29) is 25.0 Å². The molecule has 1 spiro atoms. The van der Waals surface area contributed by atoms with Crippen molar-refractivity contribution in [2.24, 2.45) is 0 Å². The van der Waals surface area contributed by atoms with E-state index in [2.05, 4.69) is 33.7 Å². The summed E-state index contributed by atoms with van der Waals surface area (Å²) in [4.78, 5) is 27.3. The number of carbonyl (C=O) groups excluding carboxylic acids is 2. The van der Waals surface area contributed by atoms with E-state index in [1.54, 1.807) is 18.2 Å². The predicted molar refractivity (Wildman–Crippen MR) is 118 cm³/mol. The van der Waals surface area contributed by atoms with E-state index in [1.807, 2.05) is 6.07 Å². The number of anilines is 1. The zero-order chi connectivity index (χ0) is 22.1. The Balaban J connectivity index is 1.16. The first-order chi connectivity index (χ1) is 15.5. The summed E-state index contributed by atoms with van der Waals surface area (Å²) in [5.74, 6) is -0.0368. The van der Waals surface area contributed by atoms with Crippen molar-refractivity contribution >= 4 is 17.5 Å². The van der Waals surface area contributed by atoms with Gasteiger partial charge in [0.15, 0.2) is 0 Å². The minimum atomic E-state index is -0.976. The largest absolute Gasteiger partial charge is 0.473 e. The summed E-state index contributed by atoms with van der Waals surface area (Å²) in [5.41, 5.74) is 2.54. The van der Waals surface area contributed by atoms with Gasteiger partial charge in [0.05, 0.1) is 25.0 Å². The standard InChI is InChI=1S/C24H27N3O5/c28-19(14-27-9-7-16-3-1-2-4-18(16)13-27)12-25-22(29)17-5-6-21-20(11-17)26-23(30)24(32-21)8-10-31-15-24/h1-6,11,19,28H,7-10,12-15H2,(H,25,29)(H,26,30)/t19-,24+/m0/s1. The molecule has 32 heavy (non-hydrogen) atoms. The minimum Gasteiger partial charge on any atom is -0.473 e. The van der Waals surface area contributed by atoms with Crippen LogP contribution in [0.25, 0.3) is 0 Å². The molecule has 2 amide bonds. The average molecular weight is 437 g/mol. The van der Waals surface area contributed by atoms with Crippen LogP contribution in [0.1, 0.15) is 27.9 Å². The van der Waals surface area contributed by atoms with Crippen molar-refractivity contribution in [1.29, 1.82) is 0 Å². The van der Waals surface area contributed by atoms with Gasteiger partial charge in [0.2, 0.25) is 5.60 Å². The summed E-state index contributed by atoms with van der Waals surface area (Å²) < 4.78 is 11.3. The normalized spacial score (nSPS) is 23.1. The summed E-state index contributed by atoms with van der Waals surface area (Å²) in [6.07, 6.45) is 0.791. The Morgan fingerprint density at radius 1 is 1.25 bits per heavy atom. The molecule has 3 aliphatic rings. The molecule has 8 heteroatoms. The zero-order valence-corrected chi connectivity index (χ0v) is 17.8. The van der Waals surface area contributed by atoms with E-state index >= 15 is 0 Å². The SMILES string of the molecule is O=C(NC[C@H](O)CN1CCc2ccccc2C1)c1ccc2c(c1)NC(=O)[C@]1(CCOC1)O2. The van der Waals surface area contributed by atoms with Crippen molar-refractivity contribution in [3.63, 3.8) is 0 Å². The minimum absolute atomic E-state index is 0.150. The third-order valence-electron chi connectivity index (χ3n) is 6.37. The van der Waals surface area contributed by atoms with Gasteiger partial charge in [0.1, 0.15) is 5.75 Å². The van der Waals surface area contributed by atoms with Crippen LogP contribution in [-0.2, 0) is 22.5 Å². The van der Waals surface area contributed by atoms with Crippen molar-refractivity contribution in [2.45, 2.75) is 31.1 Å². The first-order valence-corrected chi connectivity index (χ1v) is 11.0. The molecule has 2 aromatic rings. The van der Waals surface area contributed by atoms with E-state index < -0.39 is 11.7 Å². The van der Waals surface area contributed by atoms with E-state index in [0.29, 0.717) is 36.6 Å². The molecule has 0 saturated carbocycles. The lowest BCUT2D eigenvalue weighted by atomic mass is 9.99. The number of ether oxygens (including phenoxy) is 2. The van der Waals surface area contributed by atoms with Gasteiger partial charge in [-0.25, -0.2) is 0 Å². The molecule has 3 heterocycles. The third-order valence-corrected chi connectivity index (χ3v) is 6.37. The lowest BCUT2D eigenvalue weighted by Crippen LogP contribution is -2.51. The van der Waals surface area contributed by atoms with E-state index in [9.17, 15) is 14.7 Å². The molecule has 168 valence electrons. The summed E-state index contributed by atoms with van der Waals surface area (Å²) in [5, 5.41) is 16.1. The number of nitrogens with one attached hydrogen (secondary N) is 2. The molecule has 3 aliphatic heterocycles. The van der Waals surface area contributed by atoms with Crippen LogP contribution in [-0.4, -0.2) is 66.4 Å². The number of amides is 2. The van der Waals surface area contributed by atoms with Crippen LogP contribution in [0.15, 0.2) is 42.5 Å². The van der Waals surface area contributed by atoms with Gasteiger partial charge in [-0.3, -0.25) is 14.5 Å². The monoisotopic (exact) mass is 437 g/mol. The van der Waals surface area contributed by atoms with Gasteiger partial charge in [-0.2, -0.15) is 0 Å². The highest BCUT2D eigenvalue weighted by Crippen LogP contribution is 2.37. The Hall–Kier alpha value is -2.94. The second kappa shape index (κ2) is 8.54. The molecule has 1 saturated heterocycles. The average Bonchev–Trinajstić information content (AvgIpc) is 3.27. The van der Waals surface area contributed by atoms with E-state index in [1.165, 1.54) is 11.1 Å². The molecule has 0 unspecified atom stereocenters. The third kappa shape index (κ3) is 4.09. The van der Waals surface area contributed by atoms with Crippen LogP contribution in [0.3, 0.4) is 0 Å². The lowest BCUT2D eigenvalue weighted by molar-refractivity contribution is -0.132. The van der Waals surface area contributed by atoms with Gasteiger partial charge in [0.25, 0.3) is 11.8 Å². The summed E-state index contributed by atoms with van der Waals surface area (Å²) in [7, 11) is 0.